The molecule has 1 N–H and O–H groups in total. The number of rotatable bonds is 1. The van der Waals surface area contributed by atoms with Crippen LogP contribution in [0.2, 0.25) is 0 Å². The van der Waals surface area contributed by atoms with Crippen LogP contribution in [0.1, 0.15) is 5.56 Å². The second kappa shape index (κ2) is 3.75. The number of hydrogen-bond acceptors (Lipinski definition) is 3. The van der Waals surface area contributed by atoms with E-state index < -0.39 is 0 Å². The van der Waals surface area contributed by atoms with Crippen molar-refractivity contribution in [1.29, 1.82) is 0 Å². The lowest BCUT2D eigenvalue weighted by Crippen LogP contribution is -2.13. The number of hydrogen-bond donors (Lipinski definition) is 1. The van der Waals surface area contributed by atoms with Crippen molar-refractivity contribution in [1.82, 2.24) is 14.8 Å². The van der Waals surface area contributed by atoms with E-state index in [0.717, 1.165) is 28.2 Å². The first-order valence-corrected chi connectivity index (χ1v) is 5.73. The van der Waals surface area contributed by atoms with Gasteiger partial charge in [0.1, 0.15) is 6.33 Å². The fourth-order valence-electron chi connectivity index (χ4n) is 1.66. The normalized spacial score (nSPS) is 13.9. The van der Waals surface area contributed by atoms with Crippen LogP contribution in [0, 0.1) is 0 Å². The van der Waals surface area contributed by atoms with Crippen molar-refractivity contribution >= 4 is 27.6 Å². The van der Waals surface area contributed by atoms with Gasteiger partial charge in [-0.3, -0.25) is 0 Å². The molecule has 0 saturated carbocycles. The average molecular weight is 277 g/mol. The van der Waals surface area contributed by atoms with Crippen molar-refractivity contribution in [2.45, 2.75) is 6.54 Å². The first-order chi connectivity index (χ1) is 7.83. The molecule has 0 amide bonds. The summed E-state index contributed by atoms with van der Waals surface area (Å²) in [7, 11) is 0. The SMILES string of the molecule is Brc1ccc(C2=CCn3ncnc3N2)cc1. The summed E-state index contributed by atoms with van der Waals surface area (Å²) in [6.07, 6.45) is 3.66. The summed E-state index contributed by atoms with van der Waals surface area (Å²) < 4.78 is 2.90. The van der Waals surface area contributed by atoms with Crippen LogP contribution in [-0.4, -0.2) is 14.8 Å². The molecule has 0 atom stereocenters. The van der Waals surface area contributed by atoms with E-state index in [9.17, 15) is 0 Å². The third kappa shape index (κ3) is 1.63. The summed E-state index contributed by atoms with van der Waals surface area (Å²) in [4.78, 5) is 4.14. The number of nitrogens with one attached hydrogen (secondary N) is 1. The maximum atomic E-state index is 4.14. The molecule has 5 heteroatoms. The Hall–Kier alpha value is -1.62. The Labute approximate surface area is 101 Å². The van der Waals surface area contributed by atoms with Gasteiger partial charge >= 0.3 is 0 Å². The highest BCUT2D eigenvalue weighted by atomic mass is 79.9. The van der Waals surface area contributed by atoms with Gasteiger partial charge in [-0.25, -0.2) is 4.68 Å². The Bertz CT molecular complexity index is 541. The molecule has 0 radical (unpaired) electrons. The second-order valence-electron chi connectivity index (χ2n) is 3.52. The minimum atomic E-state index is 0.758. The van der Waals surface area contributed by atoms with Gasteiger partial charge in [0.25, 0.3) is 0 Å². The zero-order chi connectivity index (χ0) is 11.0. The molecule has 0 bridgehead atoms. The maximum Gasteiger partial charge on any atom is 0.225 e. The molecule has 1 aliphatic heterocycles. The van der Waals surface area contributed by atoms with Gasteiger partial charge in [-0.1, -0.05) is 28.1 Å². The number of allylic oxidation sites excluding steroid dienone is 1. The summed E-state index contributed by atoms with van der Waals surface area (Å²) in [6, 6.07) is 8.18. The predicted molar refractivity (Wildman–Crippen MR) is 65.8 cm³/mol. The monoisotopic (exact) mass is 276 g/mol. The van der Waals surface area contributed by atoms with Crippen LogP contribution in [0.4, 0.5) is 5.95 Å². The molecule has 1 aliphatic rings. The molecule has 2 heterocycles. The molecule has 0 unspecified atom stereocenters. The summed E-state index contributed by atoms with van der Waals surface area (Å²) in [5.74, 6) is 0.792. The molecule has 0 spiro atoms. The zero-order valence-electron chi connectivity index (χ0n) is 8.39. The van der Waals surface area contributed by atoms with Crippen LogP contribution in [0.5, 0.6) is 0 Å². The van der Waals surface area contributed by atoms with Gasteiger partial charge in [0.15, 0.2) is 0 Å². The number of fused-ring (bicyclic) bond motifs is 1. The van der Waals surface area contributed by atoms with E-state index in [-0.39, 0.29) is 0 Å². The van der Waals surface area contributed by atoms with E-state index >= 15 is 0 Å². The lowest BCUT2D eigenvalue weighted by Gasteiger charge is -2.16. The van der Waals surface area contributed by atoms with Crippen LogP contribution < -0.4 is 5.32 Å². The van der Waals surface area contributed by atoms with Crippen molar-refractivity contribution in [3.8, 4) is 0 Å². The largest absolute Gasteiger partial charge is 0.324 e. The highest BCUT2D eigenvalue weighted by molar-refractivity contribution is 9.10. The zero-order valence-corrected chi connectivity index (χ0v) is 9.98. The first-order valence-electron chi connectivity index (χ1n) is 4.94. The Morgan fingerprint density at radius 2 is 2.06 bits per heavy atom. The van der Waals surface area contributed by atoms with E-state index in [1.807, 2.05) is 16.8 Å². The highest BCUT2D eigenvalue weighted by Crippen LogP contribution is 2.22. The minimum absolute atomic E-state index is 0.758. The second-order valence-corrected chi connectivity index (χ2v) is 4.43. The Balaban J connectivity index is 1.92. The van der Waals surface area contributed by atoms with E-state index in [1.54, 1.807) is 6.33 Å². The third-order valence-electron chi connectivity index (χ3n) is 2.49. The fraction of sp³-hybridized carbons (Fsp3) is 0.0909. The summed E-state index contributed by atoms with van der Waals surface area (Å²) >= 11 is 3.42. The number of aromatic nitrogens is 3. The molecule has 16 heavy (non-hydrogen) atoms. The van der Waals surface area contributed by atoms with Crippen LogP contribution >= 0.6 is 15.9 Å². The van der Waals surface area contributed by atoms with Crippen LogP contribution in [0.25, 0.3) is 5.70 Å². The van der Waals surface area contributed by atoms with Crippen LogP contribution in [0.15, 0.2) is 41.1 Å². The molecule has 3 rings (SSSR count). The minimum Gasteiger partial charge on any atom is -0.324 e. The molecule has 1 aromatic carbocycles. The molecular weight excluding hydrogens is 268 g/mol. The van der Waals surface area contributed by atoms with Gasteiger partial charge < -0.3 is 5.32 Å². The number of nitrogens with zero attached hydrogens (tertiary/aromatic N) is 3. The van der Waals surface area contributed by atoms with E-state index in [4.69, 9.17) is 0 Å². The van der Waals surface area contributed by atoms with Crippen LogP contribution in [-0.2, 0) is 6.54 Å². The smallest absolute Gasteiger partial charge is 0.225 e. The van der Waals surface area contributed by atoms with Crippen molar-refractivity contribution in [3.05, 3.63) is 46.7 Å². The van der Waals surface area contributed by atoms with Gasteiger partial charge in [-0.15, -0.1) is 0 Å². The lowest BCUT2D eigenvalue weighted by molar-refractivity contribution is 0.701. The van der Waals surface area contributed by atoms with Gasteiger partial charge in [-0.05, 0) is 23.8 Å². The van der Waals surface area contributed by atoms with Crippen molar-refractivity contribution in [3.63, 3.8) is 0 Å². The molecule has 80 valence electrons. The van der Waals surface area contributed by atoms with Gasteiger partial charge in [0.2, 0.25) is 5.95 Å². The van der Waals surface area contributed by atoms with E-state index in [2.05, 4.69) is 49.5 Å². The van der Waals surface area contributed by atoms with Gasteiger partial charge in [-0.2, -0.15) is 10.1 Å². The summed E-state index contributed by atoms with van der Waals surface area (Å²) in [5, 5.41) is 7.34. The summed E-state index contributed by atoms with van der Waals surface area (Å²) in [5.41, 5.74) is 2.23. The number of anilines is 1. The average Bonchev–Trinajstić information content (AvgIpc) is 2.77. The van der Waals surface area contributed by atoms with Crippen LogP contribution in [0.3, 0.4) is 0 Å². The molecule has 0 aliphatic carbocycles. The Kier molecular flexibility index (Phi) is 2.25. The number of benzene rings is 1. The van der Waals surface area contributed by atoms with E-state index in [1.165, 1.54) is 0 Å². The van der Waals surface area contributed by atoms with Crippen molar-refractivity contribution in [2.75, 3.05) is 5.32 Å². The highest BCUT2D eigenvalue weighted by Gasteiger charge is 2.12. The third-order valence-corrected chi connectivity index (χ3v) is 3.01. The number of halogens is 1. The molecule has 0 saturated heterocycles. The lowest BCUT2D eigenvalue weighted by atomic mass is 10.1. The predicted octanol–water partition coefficient (Wildman–Crippen LogP) is 2.51. The molecule has 1 aromatic heterocycles. The molecular formula is C11H9BrN4. The van der Waals surface area contributed by atoms with Gasteiger partial charge in [0.05, 0.1) is 6.54 Å². The Morgan fingerprint density at radius 3 is 2.88 bits per heavy atom. The standard InChI is InChI=1S/C11H9BrN4/c12-9-3-1-8(2-4-9)10-5-6-16-11(15-10)13-7-14-16/h1-5,7H,6H2,(H,13,14,15). The molecule has 2 aromatic rings. The first kappa shape index (κ1) is 9.59. The Morgan fingerprint density at radius 1 is 1.25 bits per heavy atom. The molecule has 4 nitrogen and oxygen atoms in total. The quantitative estimate of drug-likeness (QED) is 0.870. The topological polar surface area (TPSA) is 42.7 Å². The van der Waals surface area contributed by atoms with Crippen molar-refractivity contribution < 1.29 is 0 Å². The fourth-order valence-corrected chi connectivity index (χ4v) is 1.93. The molecule has 0 fully saturated rings. The van der Waals surface area contributed by atoms with Crippen molar-refractivity contribution in [2.24, 2.45) is 0 Å². The van der Waals surface area contributed by atoms with Gasteiger partial charge in [0, 0.05) is 10.2 Å². The maximum absolute atomic E-state index is 4.14. The van der Waals surface area contributed by atoms with E-state index in [0.29, 0.717) is 0 Å². The summed E-state index contributed by atoms with van der Waals surface area (Å²) in [6.45, 7) is 0.758.